The summed E-state index contributed by atoms with van der Waals surface area (Å²) < 4.78 is 36.4. The second-order valence-corrected chi connectivity index (χ2v) is 10.3. The van der Waals surface area contributed by atoms with Crippen LogP contribution >= 0.6 is 0 Å². The average molecular weight is 455 g/mol. The number of rotatable bonds is 7. The van der Waals surface area contributed by atoms with Crippen molar-refractivity contribution in [3.05, 3.63) is 71.1 Å². The Morgan fingerprint density at radius 3 is 2.78 bits per heavy atom. The second-order valence-electron chi connectivity index (χ2n) is 8.08. The number of aromatic hydroxyl groups is 1. The lowest BCUT2D eigenvalue weighted by Crippen LogP contribution is -2.42. The summed E-state index contributed by atoms with van der Waals surface area (Å²) in [4.78, 5) is 4.45. The Labute approximate surface area is 188 Å². The Bertz CT molecular complexity index is 1130. The molecule has 2 aromatic rings. The molecule has 1 saturated heterocycles. The highest BCUT2D eigenvalue weighted by Crippen LogP contribution is 2.40. The second kappa shape index (κ2) is 9.58. The molecule has 2 aliphatic rings. The van der Waals surface area contributed by atoms with Crippen molar-refractivity contribution in [3.63, 3.8) is 0 Å². The Balaban J connectivity index is 1.65. The number of methoxy groups -OCH3 is 1. The normalized spacial score (nSPS) is 22.8. The fourth-order valence-corrected chi connectivity index (χ4v) is 6.59. The Morgan fingerprint density at radius 1 is 1.28 bits per heavy atom. The standard InChI is InChI=1S/C23H26BNO6S/c1-30-14-18-15-32(28,29)22-13-24(27)31-21(23(18)22)10-9-16(19-7-4-5-11-25-19)12-17-6-2-3-8-20(17)26/h2-8,11-12,21-22,26-27H,9-10,13-15H2,1H3/b16-12-/t21-,22+/m1/s1. The largest absolute Gasteiger partial charge is 0.507 e. The molecule has 7 nitrogen and oxygen atoms in total. The van der Waals surface area contributed by atoms with Gasteiger partial charge in [-0.15, -0.1) is 0 Å². The first-order valence-electron chi connectivity index (χ1n) is 10.5. The zero-order chi connectivity index (χ0) is 22.7. The lowest BCUT2D eigenvalue weighted by atomic mass is 9.74. The third-order valence-electron chi connectivity index (χ3n) is 5.90. The van der Waals surface area contributed by atoms with E-state index in [1.165, 1.54) is 7.11 Å². The van der Waals surface area contributed by atoms with Crippen LogP contribution in [0.3, 0.4) is 0 Å². The van der Waals surface area contributed by atoms with E-state index in [1.807, 2.05) is 36.4 Å². The predicted octanol–water partition coefficient (Wildman–Crippen LogP) is 2.73. The molecule has 0 spiro atoms. The fourth-order valence-electron chi connectivity index (χ4n) is 4.49. The molecule has 3 heterocycles. The van der Waals surface area contributed by atoms with Gasteiger partial charge in [0.2, 0.25) is 0 Å². The number of phenolic OH excluding ortho intramolecular Hbond substituents is 1. The van der Waals surface area contributed by atoms with E-state index in [0.29, 0.717) is 18.4 Å². The SMILES string of the molecule is COCC1=C2[C@@H](CC/C(=C/c3ccccc3O)c3ccccn3)OB(O)C[C@@H]2S(=O)(=O)C1. The van der Waals surface area contributed by atoms with Gasteiger partial charge in [0.1, 0.15) is 5.75 Å². The first-order chi connectivity index (χ1) is 15.4. The number of para-hydroxylation sites is 1. The van der Waals surface area contributed by atoms with E-state index in [1.54, 1.807) is 18.3 Å². The lowest BCUT2D eigenvalue weighted by Gasteiger charge is -2.32. The van der Waals surface area contributed by atoms with Crippen molar-refractivity contribution in [2.24, 2.45) is 0 Å². The molecule has 0 amide bonds. The first kappa shape index (κ1) is 22.7. The fraction of sp³-hybridized carbons (Fsp3) is 0.348. The molecule has 168 valence electrons. The van der Waals surface area contributed by atoms with Gasteiger partial charge in [0.15, 0.2) is 9.84 Å². The number of fused-ring (bicyclic) bond motifs is 1. The third-order valence-corrected chi connectivity index (χ3v) is 7.97. The highest BCUT2D eigenvalue weighted by Gasteiger charge is 2.48. The maximum absolute atomic E-state index is 12.7. The van der Waals surface area contributed by atoms with Crippen molar-refractivity contribution in [3.8, 4) is 5.75 Å². The van der Waals surface area contributed by atoms with Crippen molar-refractivity contribution in [1.29, 1.82) is 0 Å². The minimum absolute atomic E-state index is 0.0439. The Morgan fingerprint density at radius 2 is 2.06 bits per heavy atom. The summed E-state index contributed by atoms with van der Waals surface area (Å²) >= 11 is 0. The van der Waals surface area contributed by atoms with Crippen molar-refractivity contribution in [2.45, 2.75) is 30.5 Å². The van der Waals surface area contributed by atoms with E-state index >= 15 is 0 Å². The van der Waals surface area contributed by atoms with Gasteiger partial charge in [0.05, 0.1) is 29.4 Å². The van der Waals surface area contributed by atoms with Crippen LogP contribution in [-0.2, 0) is 19.2 Å². The number of benzene rings is 1. The third kappa shape index (κ3) is 4.81. The van der Waals surface area contributed by atoms with Gasteiger partial charge >= 0.3 is 7.12 Å². The van der Waals surface area contributed by atoms with Crippen LogP contribution in [0.25, 0.3) is 11.6 Å². The monoisotopic (exact) mass is 455 g/mol. The van der Waals surface area contributed by atoms with E-state index in [0.717, 1.165) is 22.4 Å². The summed E-state index contributed by atoms with van der Waals surface area (Å²) in [6.07, 6.45) is 4.06. The summed E-state index contributed by atoms with van der Waals surface area (Å²) in [5, 5.41) is 19.7. The van der Waals surface area contributed by atoms with E-state index in [2.05, 4.69) is 4.98 Å². The molecular weight excluding hydrogens is 429 g/mol. The van der Waals surface area contributed by atoms with E-state index in [4.69, 9.17) is 9.39 Å². The number of aromatic nitrogens is 1. The van der Waals surface area contributed by atoms with Crippen LogP contribution in [0.15, 0.2) is 59.8 Å². The number of allylic oxidation sites excluding steroid dienone is 1. The van der Waals surface area contributed by atoms with Crippen LogP contribution in [0.4, 0.5) is 0 Å². The molecule has 2 aliphatic heterocycles. The van der Waals surface area contributed by atoms with Crippen LogP contribution in [0, 0.1) is 0 Å². The summed E-state index contributed by atoms with van der Waals surface area (Å²) in [6, 6.07) is 12.7. The molecule has 0 aliphatic carbocycles. The van der Waals surface area contributed by atoms with Gasteiger partial charge in [0, 0.05) is 25.2 Å². The minimum Gasteiger partial charge on any atom is -0.507 e. The van der Waals surface area contributed by atoms with Crippen molar-refractivity contribution in [1.82, 2.24) is 4.98 Å². The molecule has 32 heavy (non-hydrogen) atoms. The highest BCUT2D eigenvalue weighted by atomic mass is 32.2. The number of ether oxygens (including phenoxy) is 1. The molecule has 2 N–H and O–H groups in total. The number of phenols is 1. The van der Waals surface area contributed by atoms with Gasteiger partial charge in [-0.05, 0) is 53.8 Å². The summed E-state index contributed by atoms with van der Waals surface area (Å²) in [5.74, 6) is 0.103. The van der Waals surface area contributed by atoms with Gasteiger partial charge in [0.25, 0.3) is 0 Å². The number of hydrogen-bond acceptors (Lipinski definition) is 7. The van der Waals surface area contributed by atoms with Crippen molar-refractivity contribution in [2.75, 3.05) is 19.5 Å². The highest BCUT2D eigenvalue weighted by molar-refractivity contribution is 7.92. The molecular formula is C23H26BNO6S. The molecule has 0 bridgehead atoms. The summed E-state index contributed by atoms with van der Waals surface area (Å²) in [5.41, 5.74) is 3.74. The Kier molecular flexibility index (Phi) is 6.81. The maximum atomic E-state index is 12.7. The number of hydrogen-bond donors (Lipinski definition) is 2. The molecule has 1 aromatic heterocycles. The molecule has 0 unspecified atom stereocenters. The van der Waals surface area contributed by atoms with E-state index in [9.17, 15) is 18.5 Å². The van der Waals surface area contributed by atoms with Gasteiger partial charge in [-0.2, -0.15) is 0 Å². The lowest BCUT2D eigenvalue weighted by molar-refractivity contribution is 0.167. The topological polar surface area (TPSA) is 106 Å². The van der Waals surface area contributed by atoms with Crippen molar-refractivity contribution < 1.29 is 27.9 Å². The Hall–Kier alpha value is -2.46. The van der Waals surface area contributed by atoms with Crippen LogP contribution < -0.4 is 0 Å². The minimum atomic E-state index is -3.38. The van der Waals surface area contributed by atoms with Crippen LogP contribution in [0.2, 0.25) is 6.32 Å². The van der Waals surface area contributed by atoms with Gasteiger partial charge in [-0.25, -0.2) is 8.42 Å². The van der Waals surface area contributed by atoms with Crippen LogP contribution in [-0.4, -0.2) is 61.5 Å². The maximum Gasteiger partial charge on any atom is 0.456 e. The number of pyridine rings is 1. The molecule has 2 atom stereocenters. The smallest absolute Gasteiger partial charge is 0.456 e. The van der Waals surface area contributed by atoms with Crippen LogP contribution in [0.1, 0.15) is 24.1 Å². The van der Waals surface area contributed by atoms with E-state index < -0.39 is 28.3 Å². The molecule has 1 aromatic carbocycles. The average Bonchev–Trinajstić information content (AvgIpc) is 3.02. The zero-order valence-corrected chi connectivity index (χ0v) is 18.7. The predicted molar refractivity (Wildman–Crippen MR) is 124 cm³/mol. The van der Waals surface area contributed by atoms with Crippen molar-refractivity contribution >= 4 is 28.6 Å². The number of sulfone groups is 1. The van der Waals surface area contributed by atoms with Gasteiger partial charge in [-0.3, -0.25) is 4.98 Å². The molecule has 0 saturated carbocycles. The number of nitrogens with zero attached hydrogens (tertiary/aromatic N) is 1. The summed E-state index contributed by atoms with van der Waals surface area (Å²) in [7, 11) is -2.98. The van der Waals surface area contributed by atoms with Gasteiger partial charge in [-0.1, -0.05) is 24.3 Å². The van der Waals surface area contributed by atoms with Gasteiger partial charge < -0.3 is 19.5 Å². The zero-order valence-electron chi connectivity index (χ0n) is 17.8. The van der Waals surface area contributed by atoms with Crippen LogP contribution in [0.5, 0.6) is 5.75 Å². The molecule has 1 fully saturated rings. The molecule has 4 rings (SSSR count). The quantitative estimate of drug-likeness (QED) is 0.489. The first-order valence-corrected chi connectivity index (χ1v) is 12.3. The molecule has 0 radical (unpaired) electrons. The van der Waals surface area contributed by atoms with E-state index in [-0.39, 0.29) is 24.4 Å². The summed E-state index contributed by atoms with van der Waals surface area (Å²) in [6.45, 7) is 0.224. The molecule has 9 heteroatoms.